The molecular weight excluding hydrogens is 424 g/mol. The lowest BCUT2D eigenvalue weighted by atomic mass is 10.1. The van der Waals surface area contributed by atoms with Crippen LogP contribution in [-0.2, 0) is 13.1 Å². The Hall–Kier alpha value is -4.32. The predicted octanol–water partition coefficient (Wildman–Crippen LogP) is 6.02. The largest absolute Gasteiger partial charge is 0.497 e. The van der Waals surface area contributed by atoms with Crippen molar-refractivity contribution in [2.24, 2.45) is 0 Å². The molecule has 5 rings (SSSR count). The Balaban J connectivity index is 1.37. The second-order valence-corrected chi connectivity index (χ2v) is 7.98. The maximum absolute atomic E-state index is 5.23. The average molecular weight is 451 g/mol. The molecule has 0 aliphatic carbocycles. The van der Waals surface area contributed by atoms with Crippen molar-refractivity contribution in [1.82, 2.24) is 9.97 Å². The summed E-state index contributed by atoms with van der Waals surface area (Å²) < 4.78 is 10.5. The molecule has 0 atom stereocenters. The highest BCUT2D eigenvalue weighted by Gasteiger charge is 2.07. The zero-order valence-electron chi connectivity index (χ0n) is 19.2. The number of nitrogens with zero attached hydrogens (tertiary/aromatic N) is 2. The molecule has 0 fully saturated rings. The van der Waals surface area contributed by atoms with E-state index in [0.29, 0.717) is 13.1 Å². The van der Waals surface area contributed by atoms with E-state index in [1.165, 1.54) is 0 Å². The molecule has 0 saturated carbocycles. The molecule has 2 aromatic heterocycles. The maximum atomic E-state index is 5.23. The van der Waals surface area contributed by atoms with Crippen molar-refractivity contribution in [3.63, 3.8) is 0 Å². The van der Waals surface area contributed by atoms with Crippen LogP contribution in [0.25, 0.3) is 21.8 Å². The Kier molecular flexibility index (Phi) is 6.12. The summed E-state index contributed by atoms with van der Waals surface area (Å²) in [6.45, 7) is 1.24. The van der Waals surface area contributed by atoms with Gasteiger partial charge in [-0.2, -0.15) is 0 Å². The first-order chi connectivity index (χ1) is 16.7. The molecule has 0 aliphatic rings. The lowest BCUT2D eigenvalue weighted by Gasteiger charge is -2.10. The number of hydrogen-bond donors (Lipinski definition) is 2. The minimum atomic E-state index is 0.622. The van der Waals surface area contributed by atoms with Gasteiger partial charge in [0.05, 0.1) is 49.7 Å². The van der Waals surface area contributed by atoms with Crippen LogP contribution in [-0.4, -0.2) is 24.2 Å². The molecule has 0 unspecified atom stereocenters. The van der Waals surface area contributed by atoms with Gasteiger partial charge in [0, 0.05) is 22.1 Å². The van der Waals surface area contributed by atoms with Gasteiger partial charge in [-0.1, -0.05) is 24.3 Å². The number of nitrogens with one attached hydrogen (secondary N) is 2. The molecule has 2 N–H and O–H groups in total. The van der Waals surface area contributed by atoms with Gasteiger partial charge in [-0.15, -0.1) is 0 Å². The second-order valence-electron chi connectivity index (χ2n) is 7.98. The van der Waals surface area contributed by atoms with Crippen molar-refractivity contribution in [2.75, 3.05) is 24.9 Å². The number of rotatable bonds is 8. The average Bonchev–Trinajstić information content (AvgIpc) is 2.91. The molecule has 5 aromatic rings. The monoisotopic (exact) mass is 450 g/mol. The molecule has 0 bridgehead atoms. The fourth-order valence-corrected chi connectivity index (χ4v) is 3.85. The van der Waals surface area contributed by atoms with Gasteiger partial charge in [-0.25, -0.2) is 9.97 Å². The van der Waals surface area contributed by atoms with Crippen LogP contribution in [0, 0.1) is 0 Å². The minimum Gasteiger partial charge on any atom is -0.497 e. The van der Waals surface area contributed by atoms with Crippen LogP contribution in [0.15, 0.2) is 84.9 Å². The Morgan fingerprint density at radius 2 is 0.912 bits per heavy atom. The third-order valence-electron chi connectivity index (χ3n) is 5.76. The van der Waals surface area contributed by atoms with Gasteiger partial charge in [0.2, 0.25) is 0 Å². The third kappa shape index (κ3) is 4.71. The first kappa shape index (κ1) is 21.5. The molecule has 3 aromatic carbocycles. The first-order valence-corrected chi connectivity index (χ1v) is 11.2. The summed E-state index contributed by atoms with van der Waals surface area (Å²) in [4.78, 5) is 9.89. The van der Waals surface area contributed by atoms with Crippen molar-refractivity contribution in [1.29, 1.82) is 0 Å². The summed E-state index contributed by atoms with van der Waals surface area (Å²) in [5.41, 5.74) is 5.78. The summed E-state index contributed by atoms with van der Waals surface area (Å²) >= 11 is 0. The molecule has 2 heterocycles. The number of anilines is 2. The fourth-order valence-electron chi connectivity index (χ4n) is 3.85. The molecule has 0 aliphatic heterocycles. The number of aromatic nitrogens is 2. The lowest BCUT2D eigenvalue weighted by molar-refractivity contribution is 0.415. The summed E-state index contributed by atoms with van der Waals surface area (Å²) in [5.74, 6) is 1.67. The van der Waals surface area contributed by atoms with E-state index in [4.69, 9.17) is 19.4 Å². The molecule has 0 radical (unpaired) electrons. The molecule has 6 nitrogen and oxygen atoms in total. The van der Waals surface area contributed by atoms with E-state index in [-0.39, 0.29) is 0 Å². The molecule has 0 amide bonds. The van der Waals surface area contributed by atoms with Crippen molar-refractivity contribution in [2.45, 2.75) is 13.1 Å². The highest BCUT2D eigenvalue weighted by molar-refractivity contribution is 6.02. The second kappa shape index (κ2) is 9.67. The van der Waals surface area contributed by atoms with Crippen LogP contribution in [0.3, 0.4) is 0 Å². The minimum absolute atomic E-state index is 0.622. The number of pyridine rings is 2. The Morgan fingerprint density at radius 1 is 0.529 bits per heavy atom. The van der Waals surface area contributed by atoms with Crippen LogP contribution in [0.1, 0.15) is 11.4 Å². The molecule has 170 valence electrons. The highest BCUT2D eigenvalue weighted by atomic mass is 16.5. The van der Waals surface area contributed by atoms with Crippen molar-refractivity contribution < 1.29 is 9.47 Å². The number of fused-ring (bicyclic) bond motifs is 3. The zero-order chi connectivity index (χ0) is 23.3. The van der Waals surface area contributed by atoms with E-state index in [1.54, 1.807) is 14.2 Å². The number of methoxy groups -OCH3 is 2. The Labute approximate surface area is 198 Å². The van der Waals surface area contributed by atoms with Crippen LogP contribution in [0.2, 0.25) is 0 Å². The Morgan fingerprint density at radius 3 is 1.29 bits per heavy atom. The molecule has 34 heavy (non-hydrogen) atoms. The topological polar surface area (TPSA) is 68.3 Å². The fraction of sp³-hybridized carbons (Fsp3) is 0.143. The number of benzene rings is 3. The normalized spacial score (nSPS) is 10.9. The van der Waals surface area contributed by atoms with Crippen LogP contribution >= 0.6 is 0 Å². The summed E-state index contributed by atoms with van der Waals surface area (Å²) in [6, 6.07) is 28.3. The van der Waals surface area contributed by atoms with E-state index in [0.717, 1.165) is 56.1 Å². The van der Waals surface area contributed by atoms with E-state index < -0.39 is 0 Å². The van der Waals surface area contributed by atoms with Gasteiger partial charge < -0.3 is 20.1 Å². The molecular formula is C28H26N4O2. The number of hydrogen-bond acceptors (Lipinski definition) is 6. The Bertz CT molecular complexity index is 1310. The van der Waals surface area contributed by atoms with Gasteiger partial charge in [0.1, 0.15) is 11.5 Å². The van der Waals surface area contributed by atoms with E-state index >= 15 is 0 Å². The van der Waals surface area contributed by atoms with Gasteiger partial charge in [0.15, 0.2) is 0 Å². The van der Waals surface area contributed by atoms with Crippen LogP contribution < -0.4 is 20.1 Å². The summed E-state index contributed by atoms with van der Waals surface area (Å²) in [5, 5.41) is 9.01. The molecule has 0 saturated heterocycles. The zero-order valence-corrected chi connectivity index (χ0v) is 19.2. The summed E-state index contributed by atoms with van der Waals surface area (Å²) in [7, 11) is 3.33. The van der Waals surface area contributed by atoms with Crippen LogP contribution in [0.5, 0.6) is 11.5 Å². The van der Waals surface area contributed by atoms with E-state index in [2.05, 4.69) is 47.0 Å². The highest BCUT2D eigenvalue weighted by Crippen LogP contribution is 2.24. The third-order valence-corrected chi connectivity index (χ3v) is 5.76. The first-order valence-electron chi connectivity index (χ1n) is 11.2. The SMILES string of the molecule is COc1ccc(NCc2ccc3ccc4ccc(CNc5ccc(OC)cc5)nc4c3n2)cc1. The van der Waals surface area contributed by atoms with E-state index in [1.807, 2.05) is 48.5 Å². The lowest BCUT2D eigenvalue weighted by Crippen LogP contribution is -2.03. The van der Waals surface area contributed by atoms with Crippen molar-refractivity contribution in [3.05, 3.63) is 96.3 Å². The molecule has 6 heteroatoms. The van der Waals surface area contributed by atoms with E-state index in [9.17, 15) is 0 Å². The molecule has 0 spiro atoms. The summed E-state index contributed by atoms with van der Waals surface area (Å²) in [6.07, 6.45) is 0. The van der Waals surface area contributed by atoms with Crippen molar-refractivity contribution >= 4 is 33.2 Å². The smallest absolute Gasteiger partial charge is 0.119 e. The standard InChI is InChI=1S/C28H26N4O2/c1-33-25-13-9-21(10-14-25)29-17-23-7-5-19-3-4-20-6-8-24(32-28(20)27(19)31-23)18-30-22-11-15-26(34-2)16-12-22/h3-16,29-30H,17-18H2,1-2H3. The predicted molar refractivity (Wildman–Crippen MR) is 138 cm³/mol. The number of ether oxygens (including phenoxy) is 2. The van der Waals surface area contributed by atoms with Gasteiger partial charge in [-0.3, -0.25) is 0 Å². The van der Waals surface area contributed by atoms with Gasteiger partial charge in [0.25, 0.3) is 0 Å². The quantitative estimate of drug-likeness (QED) is 0.282. The van der Waals surface area contributed by atoms with Crippen molar-refractivity contribution in [3.8, 4) is 11.5 Å². The van der Waals surface area contributed by atoms with Crippen LogP contribution in [0.4, 0.5) is 11.4 Å². The maximum Gasteiger partial charge on any atom is 0.119 e. The van der Waals surface area contributed by atoms with Gasteiger partial charge in [-0.05, 0) is 60.7 Å². The van der Waals surface area contributed by atoms with Gasteiger partial charge >= 0.3 is 0 Å².